The van der Waals surface area contributed by atoms with E-state index in [1.165, 1.54) is 0 Å². The van der Waals surface area contributed by atoms with Crippen molar-refractivity contribution >= 4 is 23.2 Å². The average molecular weight is 373 g/mol. The predicted molar refractivity (Wildman–Crippen MR) is 103 cm³/mol. The topological polar surface area (TPSA) is 74.2 Å². The molecule has 2 rings (SSSR count). The van der Waals surface area contributed by atoms with E-state index in [1.54, 1.807) is 13.8 Å². The van der Waals surface area contributed by atoms with Gasteiger partial charge in [-0.3, -0.25) is 0 Å². The molecule has 6 heteroatoms. The minimum atomic E-state index is -1.88. The molecular weight excluding hydrogens is 346 g/mol. The van der Waals surface area contributed by atoms with Crippen LogP contribution in [-0.4, -0.2) is 36.5 Å². The minimum absolute atomic E-state index is 0.0243. The van der Waals surface area contributed by atoms with E-state index in [2.05, 4.69) is 25.1 Å². The number of allylic oxidation sites excluding steroid dienone is 2. The molecule has 27 heavy (non-hydrogen) atoms. The Labute approximate surface area is 160 Å². The van der Waals surface area contributed by atoms with Crippen molar-refractivity contribution in [3.63, 3.8) is 0 Å². The third-order valence-electron chi connectivity index (χ3n) is 4.13. The van der Waals surface area contributed by atoms with Gasteiger partial charge >= 0.3 is 17.5 Å². The molecule has 0 saturated carbocycles. The zero-order chi connectivity index (χ0) is 19.9. The lowest BCUT2D eigenvalue weighted by molar-refractivity contribution is -0.187. The highest BCUT2D eigenvalue weighted by Crippen LogP contribution is 2.33. The fourth-order valence-electron chi connectivity index (χ4n) is 2.75. The first-order valence-electron chi connectivity index (χ1n) is 9.30. The lowest BCUT2D eigenvalue weighted by Gasteiger charge is -2.22. The molecular formula is C21H27NO5. The normalized spacial score (nSPS) is 15.9. The lowest BCUT2D eigenvalue weighted by Crippen LogP contribution is -2.49. The van der Waals surface area contributed by atoms with Gasteiger partial charge in [0.2, 0.25) is 0 Å². The maximum absolute atomic E-state index is 12.5. The fourth-order valence-corrected chi connectivity index (χ4v) is 2.75. The highest BCUT2D eigenvalue weighted by molar-refractivity contribution is 6.27. The molecule has 0 amide bonds. The molecule has 1 aliphatic heterocycles. The average Bonchev–Trinajstić information content (AvgIpc) is 3.09. The number of esters is 2. The van der Waals surface area contributed by atoms with E-state index < -0.39 is 17.5 Å². The summed E-state index contributed by atoms with van der Waals surface area (Å²) in [6.45, 7) is 7.85. The maximum Gasteiger partial charge on any atom is 0.365 e. The number of benzene rings is 1. The number of carbonyl (C=O) groups is 2. The third kappa shape index (κ3) is 4.76. The number of ether oxygens (including phenoxy) is 2. The van der Waals surface area contributed by atoms with Crippen LogP contribution >= 0.6 is 0 Å². The van der Waals surface area contributed by atoms with Crippen LogP contribution in [0.2, 0.25) is 0 Å². The SMILES string of the molecule is CCOC(=O)C1(C(=O)OCC)CC(/C(=C/CC(C)C)c2ccccc2)=NO1. The van der Waals surface area contributed by atoms with Crippen molar-refractivity contribution in [3.05, 3.63) is 42.0 Å². The number of hydrogen-bond acceptors (Lipinski definition) is 6. The second-order valence-electron chi connectivity index (χ2n) is 6.69. The van der Waals surface area contributed by atoms with Crippen molar-refractivity contribution in [1.29, 1.82) is 0 Å². The summed E-state index contributed by atoms with van der Waals surface area (Å²) in [5.74, 6) is -1.11. The number of nitrogens with zero attached hydrogens (tertiary/aromatic N) is 1. The van der Waals surface area contributed by atoms with Gasteiger partial charge in [-0.2, -0.15) is 0 Å². The second kappa shape index (κ2) is 9.35. The van der Waals surface area contributed by atoms with E-state index in [4.69, 9.17) is 14.3 Å². The van der Waals surface area contributed by atoms with E-state index >= 15 is 0 Å². The Kier molecular flexibility index (Phi) is 7.16. The molecule has 0 spiro atoms. The Hall–Kier alpha value is -2.63. The Morgan fingerprint density at radius 3 is 2.26 bits per heavy atom. The molecule has 0 aliphatic carbocycles. The van der Waals surface area contributed by atoms with E-state index in [0.717, 1.165) is 17.6 Å². The van der Waals surface area contributed by atoms with Gasteiger partial charge in [-0.05, 0) is 31.7 Å². The summed E-state index contributed by atoms with van der Waals surface area (Å²) in [4.78, 5) is 30.4. The standard InChI is InChI=1S/C21H27NO5/c1-5-25-19(23)21(20(24)26-6-2)14-18(22-27-21)17(13-12-15(3)4)16-10-8-7-9-11-16/h7-11,13,15H,5-6,12,14H2,1-4H3/b17-13+. The smallest absolute Gasteiger partial charge is 0.365 e. The van der Waals surface area contributed by atoms with Crippen LogP contribution in [0.4, 0.5) is 0 Å². The van der Waals surface area contributed by atoms with Gasteiger partial charge in [-0.25, -0.2) is 9.59 Å². The summed E-state index contributed by atoms with van der Waals surface area (Å²) in [5.41, 5.74) is 0.444. The first-order valence-corrected chi connectivity index (χ1v) is 9.30. The number of carbonyl (C=O) groups excluding carboxylic acids is 2. The van der Waals surface area contributed by atoms with Gasteiger partial charge in [0.05, 0.1) is 25.3 Å². The highest BCUT2D eigenvalue weighted by atomic mass is 16.7. The predicted octanol–water partition coefficient (Wildman–Crippen LogP) is 3.76. The number of oxime groups is 1. The van der Waals surface area contributed by atoms with E-state index in [9.17, 15) is 9.59 Å². The first kappa shape index (κ1) is 20.7. The van der Waals surface area contributed by atoms with Crippen molar-refractivity contribution in [2.75, 3.05) is 13.2 Å². The minimum Gasteiger partial charge on any atom is -0.462 e. The van der Waals surface area contributed by atoms with Crippen LogP contribution in [0.25, 0.3) is 5.57 Å². The first-order chi connectivity index (χ1) is 12.9. The Bertz CT molecular complexity index is 703. The van der Waals surface area contributed by atoms with Crippen LogP contribution in [0, 0.1) is 5.92 Å². The van der Waals surface area contributed by atoms with Gasteiger partial charge in [0.15, 0.2) is 0 Å². The number of hydrogen-bond donors (Lipinski definition) is 0. The second-order valence-corrected chi connectivity index (χ2v) is 6.69. The van der Waals surface area contributed by atoms with Gasteiger partial charge in [0.1, 0.15) is 0 Å². The maximum atomic E-state index is 12.5. The van der Waals surface area contributed by atoms with E-state index in [0.29, 0.717) is 11.6 Å². The molecule has 0 aromatic heterocycles. The van der Waals surface area contributed by atoms with Crippen molar-refractivity contribution in [3.8, 4) is 0 Å². The van der Waals surface area contributed by atoms with Gasteiger partial charge in [0, 0.05) is 5.57 Å². The zero-order valence-electron chi connectivity index (χ0n) is 16.4. The molecule has 0 atom stereocenters. The summed E-state index contributed by atoms with van der Waals surface area (Å²) >= 11 is 0. The van der Waals surface area contributed by atoms with Gasteiger partial charge in [-0.15, -0.1) is 0 Å². The Balaban J connectivity index is 2.37. The van der Waals surface area contributed by atoms with Crippen molar-refractivity contribution in [1.82, 2.24) is 0 Å². The molecule has 1 aromatic carbocycles. The summed E-state index contributed by atoms with van der Waals surface area (Å²) < 4.78 is 10.1. The monoisotopic (exact) mass is 373 g/mol. The lowest BCUT2D eigenvalue weighted by atomic mass is 9.90. The summed E-state index contributed by atoms with van der Waals surface area (Å²) in [5, 5.41) is 4.10. The molecule has 0 unspecified atom stereocenters. The summed E-state index contributed by atoms with van der Waals surface area (Å²) in [6.07, 6.45) is 2.87. The van der Waals surface area contributed by atoms with Crippen molar-refractivity contribution in [2.24, 2.45) is 11.1 Å². The molecule has 0 bridgehead atoms. The van der Waals surface area contributed by atoms with E-state index in [1.807, 2.05) is 30.3 Å². The third-order valence-corrected chi connectivity index (χ3v) is 4.13. The van der Waals surface area contributed by atoms with Crippen LogP contribution in [0.3, 0.4) is 0 Å². The fraction of sp³-hybridized carbons (Fsp3) is 0.476. The summed E-state index contributed by atoms with van der Waals surface area (Å²) in [7, 11) is 0. The van der Waals surface area contributed by atoms with Gasteiger partial charge in [-0.1, -0.05) is 55.4 Å². The molecule has 1 aliphatic rings. The van der Waals surface area contributed by atoms with Crippen LogP contribution < -0.4 is 0 Å². The largest absolute Gasteiger partial charge is 0.462 e. The molecule has 1 heterocycles. The zero-order valence-corrected chi connectivity index (χ0v) is 16.4. The van der Waals surface area contributed by atoms with Gasteiger partial charge < -0.3 is 14.3 Å². The molecule has 0 saturated heterocycles. The number of rotatable bonds is 8. The van der Waals surface area contributed by atoms with Crippen LogP contribution in [0.1, 0.15) is 46.1 Å². The molecule has 6 nitrogen and oxygen atoms in total. The molecule has 0 radical (unpaired) electrons. The highest BCUT2D eigenvalue weighted by Gasteiger charge is 2.57. The quantitative estimate of drug-likeness (QED) is 0.512. The Morgan fingerprint density at radius 2 is 1.74 bits per heavy atom. The molecule has 0 fully saturated rings. The van der Waals surface area contributed by atoms with Crippen LogP contribution in [0.5, 0.6) is 0 Å². The van der Waals surface area contributed by atoms with Crippen LogP contribution in [-0.2, 0) is 23.9 Å². The van der Waals surface area contributed by atoms with Crippen LogP contribution in [0.15, 0.2) is 41.6 Å². The van der Waals surface area contributed by atoms with E-state index in [-0.39, 0.29) is 19.6 Å². The van der Waals surface area contributed by atoms with Gasteiger partial charge in [0.25, 0.3) is 0 Å². The Morgan fingerprint density at radius 1 is 1.15 bits per heavy atom. The van der Waals surface area contributed by atoms with Crippen molar-refractivity contribution < 1.29 is 23.9 Å². The summed E-state index contributed by atoms with van der Waals surface area (Å²) in [6, 6.07) is 9.71. The van der Waals surface area contributed by atoms with Crippen molar-refractivity contribution in [2.45, 2.75) is 46.1 Å². The molecule has 1 aromatic rings. The molecule has 146 valence electrons. The molecule has 0 N–H and O–H groups in total.